The first-order valence-electron chi connectivity index (χ1n) is 1.60. The Hall–Kier alpha value is 0.534. The second kappa shape index (κ2) is 6.53. The van der Waals surface area contributed by atoms with Crippen LogP contribution in [0.15, 0.2) is 0 Å². The van der Waals surface area contributed by atoms with Crippen LogP contribution in [-0.2, 0) is 37.5 Å². The minimum atomic E-state index is 0. The standard InChI is InChI=1S/C3H7N2O.Y/c1-4-5(2)3-6;/h4H,1-2H3;/q-1;+3. The third-order valence-corrected chi connectivity index (χ3v) is 0.472. The van der Waals surface area contributed by atoms with Gasteiger partial charge in [-0.05, 0) is 7.05 Å². The van der Waals surface area contributed by atoms with Gasteiger partial charge in [0.25, 0.3) is 0 Å². The predicted octanol–water partition coefficient (Wildman–Crippen LogP) is -0.883. The molecule has 7 heavy (non-hydrogen) atoms. The third kappa shape index (κ3) is 6.53. The van der Waals surface area contributed by atoms with E-state index in [1.807, 2.05) is 0 Å². The summed E-state index contributed by atoms with van der Waals surface area (Å²) in [6, 6.07) is 0. The van der Waals surface area contributed by atoms with E-state index in [0.717, 1.165) is 0 Å². The van der Waals surface area contributed by atoms with E-state index in [1.165, 1.54) is 5.01 Å². The second-order valence-electron chi connectivity index (χ2n) is 0.874. The minimum Gasteiger partial charge on any atom is -0.518 e. The van der Waals surface area contributed by atoms with Crippen LogP contribution in [0.5, 0.6) is 0 Å². The maximum absolute atomic E-state index is 9.47. The van der Waals surface area contributed by atoms with Gasteiger partial charge in [-0.2, -0.15) is 0 Å². The van der Waals surface area contributed by atoms with E-state index in [-0.39, 0.29) is 32.7 Å². The molecule has 0 heterocycles. The molecule has 36 valence electrons. The fourth-order valence-corrected chi connectivity index (χ4v) is 0.0456. The van der Waals surface area contributed by atoms with Crippen molar-refractivity contribution in [3.8, 4) is 0 Å². The molecule has 3 nitrogen and oxygen atoms in total. The minimum absolute atomic E-state index is 0. The van der Waals surface area contributed by atoms with E-state index in [4.69, 9.17) is 0 Å². The van der Waals surface area contributed by atoms with Crippen molar-refractivity contribution in [2.75, 3.05) is 14.1 Å². The number of hydrogen-bond donors (Lipinski definition) is 1. The number of rotatable bonds is 2. The first kappa shape index (κ1) is 10.5. The van der Waals surface area contributed by atoms with Gasteiger partial charge in [0, 0.05) is 7.05 Å². The second-order valence-corrected chi connectivity index (χ2v) is 0.874. The fourth-order valence-electron chi connectivity index (χ4n) is 0.0456. The molecule has 0 aliphatic heterocycles. The molecule has 1 amide bonds. The number of amides is 1. The van der Waals surface area contributed by atoms with Crippen LogP contribution in [0.4, 0.5) is 0 Å². The summed E-state index contributed by atoms with van der Waals surface area (Å²) in [6.07, 6.45) is 1.59. The van der Waals surface area contributed by atoms with Crippen molar-refractivity contribution < 1.29 is 37.5 Å². The monoisotopic (exact) mass is 176 g/mol. The van der Waals surface area contributed by atoms with Crippen LogP contribution in [-0.4, -0.2) is 25.5 Å². The Morgan fingerprint density at radius 2 is 2.14 bits per heavy atom. The smallest absolute Gasteiger partial charge is 0.518 e. The molecule has 0 rings (SSSR count). The summed E-state index contributed by atoms with van der Waals surface area (Å²) in [4.78, 5) is 9.47. The molecule has 0 saturated carbocycles. The first-order valence-corrected chi connectivity index (χ1v) is 1.60. The normalized spacial score (nSPS) is 6.57. The molecule has 0 bridgehead atoms. The van der Waals surface area contributed by atoms with Crippen LogP contribution in [0.1, 0.15) is 0 Å². The van der Waals surface area contributed by atoms with E-state index in [9.17, 15) is 4.79 Å². The Morgan fingerprint density at radius 1 is 1.71 bits per heavy atom. The van der Waals surface area contributed by atoms with Crippen molar-refractivity contribution in [3.05, 3.63) is 0 Å². The third-order valence-electron chi connectivity index (χ3n) is 0.472. The van der Waals surface area contributed by atoms with Gasteiger partial charge >= 0.3 is 32.7 Å². The summed E-state index contributed by atoms with van der Waals surface area (Å²) in [5.74, 6) is 0. The fraction of sp³-hybridized carbons (Fsp3) is 0.667. The average Bonchev–Trinajstić information content (AvgIpc) is 1.65. The summed E-state index contributed by atoms with van der Waals surface area (Å²) in [7, 11) is 3.22. The number of hydrogen-bond acceptors (Lipinski definition) is 2. The largest absolute Gasteiger partial charge is 3.00 e. The zero-order chi connectivity index (χ0) is 4.99. The summed E-state index contributed by atoms with van der Waals surface area (Å²) in [5.41, 5.74) is 2.52. The molecular formula is C3H7N2OY+2. The van der Waals surface area contributed by atoms with E-state index < -0.39 is 0 Å². The summed E-state index contributed by atoms with van der Waals surface area (Å²) in [6.45, 7) is 0. The van der Waals surface area contributed by atoms with Crippen molar-refractivity contribution in [2.24, 2.45) is 0 Å². The molecule has 0 radical (unpaired) electrons. The Balaban J connectivity index is 0. The molecule has 0 atom stereocenters. The van der Waals surface area contributed by atoms with Crippen LogP contribution in [0.25, 0.3) is 0 Å². The zero-order valence-electron chi connectivity index (χ0n) is 4.43. The van der Waals surface area contributed by atoms with Crippen LogP contribution in [0, 0.1) is 0 Å². The molecule has 4 heteroatoms. The molecule has 0 aliphatic carbocycles. The summed E-state index contributed by atoms with van der Waals surface area (Å²) < 4.78 is 0. The van der Waals surface area contributed by atoms with E-state index in [2.05, 4.69) is 5.43 Å². The molecule has 0 aromatic heterocycles. The van der Waals surface area contributed by atoms with Crippen LogP contribution in [0.2, 0.25) is 0 Å². The Bertz CT molecular complexity index is 50.2. The van der Waals surface area contributed by atoms with E-state index >= 15 is 0 Å². The maximum Gasteiger partial charge on any atom is 3.00 e. The zero-order valence-corrected chi connectivity index (χ0v) is 7.27. The Kier molecular flexibility index (Phi) is 9.80. The summed E-state index contributed by atoms with van der Waals surface area (Å²) in [5, 5.41) is 1.19. The van der Waals surface area contributed by atoms with Crippen molar-refractivity contribution >= 4 is 6.41 Å². The molecule has 0 aliphatic rings. The van der Waals surface area contributed by atoms with Gasteiger partial charge in [0.05, 0.1) is 0 Å². The predicted molar refractivity (Wildman–Crippen MR) is 22.5 cm³/mol. The van der Waals surface area contributed by atoms with Crippen molar-refractivity contribution in [1.82, 2.24) is 10.4 Å². The van der Waals surface area contributed by atoms with Gasteiger partial charge in [-0.15, -0.1) is 6.41 Å². The SMILES string of the molecule is CNN(C)[C-]=O.[Y+3]. The topological polar surface area (TPSA) is 32.3 Å². The van der Waals surface area contributed by atoms with Crippen molar-refractivity contribution in [3.63, 3.8) is 0 Å². The molecule has 1 N–H and O–H groups in total. The van der Waals surface area contributed by atoms with Crippen LogP contribution in [0.3, 0.4) is 0 Å². The number of carbonyl (C=O) groups excluding carboxylic acids is 1. The molecule has 0 aromatic carbocycles. The van der Waals surface area contributed by atoms with Gasteiger partial charge < -0.3 is 9.80 Å². The van der Waals surface area contributed by atoms with Crippen LogP contribution < -0.4 is 5.43 Å². The first-order chi connectivity index (χ1) is 2.81. The van der Waals surface area contributed by atoms with Gasteiger partial charge in [0.2, 0.25) is 0 Å². The van der Waals surface area contributed by atoms with E-state index in [1.54, 1.807) is 20.5 Å². The van der Waals surface area contributed by atoms with Crippen LogP contribution >= 0.6 is 0 Å². The number of hydrazine groups is 1. The van der Waals surface area contributed by atoms with Gasteiger partial charge in [-0.1, -0.05) is 0 Å². The number of nitrogens with one attached hydrogen (secondary N) is 1. The van der Waals surface area contributed by atoms with Gasteiger partial charge in [-0.3, -0.25) is 5.43 Å². The number of nitrogens with zero attached hydrogens (tertiary/aromatic N) is 1. The molecule has 0 fully saturated rings. The van der Waals surface area contributed by atoms with E-state index in [0.29, 0.717) is 0 Å². The van der Waals surface area contributed by atoms with Crippen molar-refractivity contribution in [1.29, 1.82) is 0 Å². The summed E-state index contributed by atoms with van der Waals surface area (Å²) >= 11 is 0. The molecular weight excluding hydrogens is 169 g/mol. The quantitative estimate of drug-likeness (QED) is 0.336. The molecule has 0 saturated heterocycles. The van der Waals surface area contributed by atoms with Crippen molar-refractivity contribution in [2.45, 2.75) is 0 Å². The maximum atomic E-state index is 9.47. The van der Waals surface area contributed by atoms with Gasteiger partial charge in [0.1, 0.15) is 0 Å². The van der Waals surface area contributed by atoms with Gasteiger partial charge in [-0.25, -0.2) is 0 Å². The Labute approximate surface area is 68.3 Å². The molecule has 0 unspecified atom stereocenters. The molecule has 0 spiro atoms. The average molecular weight is 176 g/mol. The van der Waals surface area contributed by atoms with Gasteiger partial charge in [0.15, 0.2) is 0 Å². The Morgan fingerprint density at radius 3 is 2.14 bits per heavy atom. The molecule has 0 aromatic rings.